The van der Waals surface area contributed by atoms with Crippen LogP contribution >= 0.6 is 71.5 Å². The lowest BCUT2D eigenvalue weighted by Gasteiger charge is -2.32. The van der Waals surface area contributed by atoms with Crippen LogP contribution in [0.15, 0.2) is 42.0 Å². The molecule has 1 aliphatic rings. The summed E-state index contributed by atoms with van der Waals surface area (Å²) in [6.07, 6.45) is 4.33. The summed E-state index contributed by atoms with van der Waals surface area (Å²) >= 11 is 9.41. The van der Waals surface area contributed by atoms with Gasteiger partial charge in [0.25, 0.3) is 5.91 Å². The first-order chi connectivity index (χ1) is 17.0. The van der Waals surface area contributed by atoms with E-state index in [2.05, 4.69) is 42.4 Å². The lowest BCUT2D eigenvalue weighted by molar-refractivity contribution is 0.102. The number of benzene rings is 1. The summed E-state index contributed by atoms with van der Waals surface area (Å²) in [6, 6.07) is 7.70. The van der Waals surface area contributed by atoms with Gasteiger partial charge < -0.3 is 15.1 Å². The number of carbonyl (C=O) groups excluding carboxylic acids is 1. The molecule has 5 rings (SSSR count). The van der Waals surface area contributed by atoms with Crippen LogP contribution in [0.25, 0.3) is 20.7 Å². The Bertz CT molecular complexity index is 1310. The van der Waals surface area contributed by atoms with E-state index in [1.165, 1.54) is 11.3 Å². The van der Waals surface area contributed by atoms with Gasteiger partial charge in [-0.05, 0) is 43.6 Å². The molecule has 14 heteroatoms. The van der Waals surface area contributed by atoms with Crippen molar-refractivity contribution in [3.63, 3.8) is 0 Å². The SMILES string of the molecule is CN1CCN(CCCNc2ncc(Cl)c(-c3cc4ccc(C(=O)Nc5nccs5)cc4s3)n2)CC1.Cl.Cl.Cl. The molecule has 0 radical (unpaired) electrons. The number of likely N-dealkylation sites (N-methyl/N-ethyl adjacent to an activating group) is 1. The highest BCUT2D eigenvalue weighted by atomic mass is 35.5. The van der Waals surface area contributed by atoms with Gasteiger partial charge in [0, 0.05) is 54.6 Å². The van der Waals surface area contributed by atoms with E-state index in [-0.39, 0.29) is 43.1 Å². The van der Waals surface area contributed by atoms with Crippen molar-refractivity contribution in [3.8, 4) is 10.6 Å². The number of thiophene rings is 1. The summed E-state index contributed by atoms with van der Waals surface area (Å²) in [5.74, 6) is 0.392. The molecule has 206 valence electrons. The largest absolute Gasteiger partial charge is 0.354 e. The molecule has 1 aromatic carbocycles. The molecule has 3 aromatic heterocycles. The number of aromatic nitrogens is 3. The van der Waals surface area contributed by atoms with Crippen molar-refractivity contribution in [1.29, 1.82) is 0 Å². The van der Waals surface area contributed by atoms with Gasteiger partial charge in [0.05, 0.1) is 16.1 Å². The van der Waals surface area contributed by atoms with E-state index in [1.807, 2.05) is 29.6 Å². The molecule has 1 aliphatic heterocycles. The van der Waals surface area contributed by atoms with E-state index < -0.39 is 0 Å². The van der Waals surface area contributed by atoms with Gasteiger partial charge in [-0.1, -0.05) is 17.7 Å². The highest BCUT2D eigenvalue weighted by Crippen LogP contribution is 2.36. The first kappa shape index (κ1) is 32.5. The topological polar surface area (TPSA) is 86.3 Å². The van der Waals surface area contributed by atoms with E-state index in [9.17, 15) is 4.79 Å². The molecule has 4 heterocycles. The van der Waals surface area contributed by atoms with Gasteiger partial charge in [0.2, 0.25) is 5.95 Å². The highest BCUT2D eigenvalue weighted by Gasteiger charge is 2.15. The van der Waals surface area contributed by atoms with Gasteiger partial charge >= 0.3 is 0 Å². The summed E-state index contributed by atoms with van der Waals surface area (Å²) in [5, 5.41) is 10.1. The van der Waals surface area contributed by atoms with Crippen LogP contribution in [-0.4, -0.2) is 77.0 Å². The molecule has 0 spiro atoms. The van der Waals surface area contributed by atoms with Crippen LogP contribution in [0, 0.1) is 0 Å². The average molecular weight is 637 g/mol. The number of hydrogen-bond acceptors (Lipinski definition) is 9. The van der Waals surface area contributed by atoms with Crippen LogP contribution in [0.4, 0.5) is 11.1 Å². The summed E-state index contributed by atoms with van der Waals surface area (Å²) in [7, 11) is 2.17. The first-order valence-corrected chi connectivity index (χ1v) is 13.5. The Morgan fingerprint density at radius 3 is 2.63 bits per heavy atom. The maximum Gasteiger partial charge on any atom is 0.257 e. The minimum atomic E-state index is -0.181. The quantitative estimate of drug-likeness (QED) is 0.228. The molecule has 4 aromatic rings. The molecule has 1 amide bonds. The van der Waals surface area contributed by atoms with E-state index in [4.69, 9.17) is 11.6 Å². The number of carbonyl (C=O) groups is 1. The molecular formula is C24H29Cl4N7OS2. The Balaban J connectivity index is 0.00000169. The molecule has 0 atom stereocenters. The lowest BCUT2D eigenvalue weighted by atomic mass is 10.1. The minimum Gasteiger partial charge on any atom is -0.354 e. The molecule has 0 saturated carbocycles. The van der Waals surface area contributed by atoms with Crippen molar-refractivity contribution >= 4 is 98.6 Å². The van der Waals surface area contributed by atoms with E-state index >= 15 is 0 Å². The molecular weight excluding hydrogens is 608 g/mol. The first-order valence-electron chi connectivity index (χ1n) is 11.5. The zero-order chi connectivity index (χ0) is 24.2. The molecule has 2 N–H and O–H groups in total. The number of amides is 1. The number of rotatable bonds is 8. The number of halogens is 4. The second-order valence-corrected chi connectivity index (χ2v) is 10.9. The van der Waals surface area contributed by atoms with E-state index in [1.54, 1.807) is 23.7 Å². The number of fused-ring (bicyclic) bond motifs is 1. The van der Waals surface area contributed by atoms with Crippen molar-refractivity contribution in [2.24, 2.45) is 0 Å². The summed E-state index contributed by atoms with van der Waals surface area (Å²) in [4.78, 5) is 31.5. The Hall–Kier alpha value is -1.76. The van der Waals surface area contributed by atoms with Crippen molar-refractivity contribution in [2.45, 2.75) is 6.42 Å². The van der Waals surface area contributed by atoms with Crippen LogP contribution in [0.5, 0.6) is 0 Å². The molecule has 0 aliphatic carbocycles. The second kappa shape index (κ2) is 15.1. The van der Waals surface area contributed by atoms with Crippen molar-refractivity contribution in [3.05, 3.63) is 52.6 Å². The number of thiazole rings is 1. The van der Waals surface area contributed by atoms with Gasteiger partial charge in [0.1, 0.15) is 5.69 Å². The number of hydrogen-bond donors (Lipinski definition) is 2. The number of piperazine rings is 1. The van der Waals surface area contributed by atoms with Gasteiger partial charge in [0.15, 0.2) is 5.13 Å². The van der Waals surface area contributed by atoms with Crippen molar-refractivity contribution in [1.82, 2.24) is 24.8 Å². The number of anilines is 2. The molecule has 38 heavy (non-hydrogen) atoms. The zero-order valence-corrected chi connectivity index (χ0v) is 25.4. The van der Waals surface area contributed by atoms with Crippen molar-refractivity contribution in [2.75, 3.05) is 56.9 Å². The van der Waals surface area contributed by atoms with Crippen LogP contribution < -0.4 is 10.6 Å². The fraction of sp³-hybridized carbons (Fsp3) is 0.333. The standard InChI is InChI=1S/C24H26ClN7OS2.3ClH/c1-31-8-10-32(11-9-31)7-2-5-26-23-28-15-18(25)21(29-23)20-13-16-3-4-17(14-19(16)35-20)22(33)30-24-27-6-12-34-24;;;/h3-4,6,12-15H,2,5,7-11H2,1H3,(H,26,28,29)(H,27,30,33);3*1H. The maximum atomic E-state index is 12.6. The molecule has 0 unspecified atom stereocenters. The average Bonchev–Trinajstić information content (AvgIpc) is 3.53. The Morgan fingerprint density at radius 1 is 1.11 bits per heavy atom. The zero-order valence-electron chi connectivity index (χ0n) is 20.6. The molecule has 8 nitrogen and oxygen atoms in total. The number of nitrogens with zero attached hydrogens (tertiary/aromatic N) is 5. The van der Waals surface area contributed by atoms with Gasteiger partial charge in [-0.25, -0.2) is 15.0 Å². The van der Waals surface area contributed by atoms with E-state index in [0.29, 0.717) is 27.4 Å². The third-order valence-corrected chi connectivity index (χ3v) is 8.01. The predicted octanol–water partition coefficient (Wildman–Crippen LogP) is 6.04. The Morgan fingerprint density at radius 2 is 1.89 bits per heavy atom. The van der Waals surface area contributed by atoms with Gasteiger partial charge in [-0.2, -0.15) is 0 Å². The third-order valence-electron chi connectivity index (χ3n) is 5.94. The normalized spacial score (nSPS) is 13.7. The van der Waals surface area contributed by atoms with Gasteiger partial charge in [-0.3, -0.25) is 10.1 Å². The lowest BCUT2D eigenvalue weighted by Crippen LogP contribution is -2.44. The van der Waals surface area contributed by atoms with Gasteiger partial charge in [-0.15, -0.1) is 59.9 Å². The van der Waals surface area contributed by atoms with E-state index in [0.717, 1.165) is 60.7 Å². The van der Waals surface area contributed by atoms with Crippen LogP contribution in [-0.2, 0) is 0 Å². The molecule has 1 saturated heterocycles. The fourth-order valence-electron chi connectivity index (χ4n) is 3.94. The second-order valence-electron chi connectivity index (χ2n) is 8.47. The Labute approximate surface area is 253 Å². The molecule has 0 bridgehead atoms. The highest BCUT2D eigenvalue weighted by molar-refractivity contribution is 7.22. The summed E-state index contributed by atoms with van der Waals surface area (Å²) < 4.78 is 0.989. The van der Waals surface area contributed by atoms with Crippen LogP contribution in [0.1, 0.15) is 16.8 Å². The predicted molar refractivity (Wildman–Crippen MR) is 167 cm³/mol. The fourth-order valence-corrected chi connectivity index (χ4v) is 5.82. The monoisotopic (exact) mass is 635 g/mol. The van der Waals surface area contributed by atoms with Crippen LogP contribution in [0.2, 0.25) is 5.02 Å². The maximum absolute atomic E-state index is 12.6. The van der Waals surface area contributed by atoms with Crippen LogP contribution in [0.3, 0.4) is 0 Å². The summed E-state index contributed by atoms with van der Waals surface area (Å²) in [5.41, 5.74) is 1.27. The smallest absolute Gasteiger partial charge is 0.257 e. The minimum absolute atomic E-state index is 0. The van der Waals surface area contributed by atoms with Crippen molar-refractivity contribution < 1.29 is 4.79 Å². The Kier molecular flexibility index (Phi) is 12.9. The number of nitrogens with one attached hydrogen (secondary N) is 2. The summed E-state index contributed by atoms with van der Waals surface area (Å²) in [6.45, 7) is 6.37. The third kappa shape index (κ3) is 8.12. The molecule has 1 fully saturated rings.